The molecular weight excluding hydrogens is 428 g/mol. The minimum absolute atomic E-state index is 0.141. The Kier molecular flexibility index (Phi) is 5.99. The quantitative estimate of drug-likeness (QED) is 0.727. The van der Waals surface area contributed by atoms with Gasteiger partial charge < -0.3 is 19.7 Å². The number of esters is 1. The third kappa shape index (κ3) is 4.17. The number of carbonyl (C=O) groups excluding carboxylic acids is 3. The lowest BCUT2D eigenvalue weighted by Gasteiger charge is -2.27. The van der Waals surface area contributed by atoms with Gasteiger partial charge in [0, 0.05) is 12.5 Å². The van der Waals surface area contributed by atoms with Crippen LogP contribution in [0.1, 0.15) is 23.7 Å². The van der Waals surface area contributed by atoms with E-state index < -0.39 is 5.97 Å². The first kappa shape index (κ1) is 19.9. The second-order valence-corrected chi connectivity index (χ2v) is 7.16. The van der Waals surface area contributed by atoms with Gasteiger partial charge in [0.1, 0.15) is 5.75 Å². The van der Waals surface area contributed by atoms with E-state index in [-0.39, 0.29) is 30.9 Å². The molecular formula is C20H19BrN2O5. The number of benzene rings is 2. The van der Waals surface area contributed by atoms with Gasteiger partial charge in [0.25, 0.3) is 5.91 Å². The molecule has 2 amide bonds. The fourth-order valence-electron chi connectivity index (χ4n) is 3.04. The summed E-state index contributed by atoms with van der Waals surface area (Å²) in [6.07, 6.45) is 0.192. The average molecular weight is 447 g/mol. The van der Waals surface area contributed by atoms with Crippen LogP contribution in [0.3, 0.4) is 0 Å². The van der Waals surface area contributed by atoms with Gasteiger partial charge in [-0.3, -0.25) is 9.59 Å². The van der Waals surface area contributed by atoms with Gasteiger partial charge in [0.2, 0.25) is 5.91 Å². The van der Waals surface area contributed by atoms with Crippen molar-refractivity contribution >= 4 is 45.1 Å². The fourth-order valence-corrected chi connectivity index (χ4v) is 3.53. The van der Waals surface area contributed by atoms with Crippen molar-refractivity contribution in [3.8, 4) is 5.75 Å². The van der Waals surface area contributed by atoms with Crippen molar-refractivity contribution < 1.29 is 23.9 Å². The van der Waals surface area contributed by atoms with Crippen LogP contribution in [0.5, 0.6) is 5.75 Å². The van der Waals surface area contributed by atoms with E-state index in [4.69, 9.17) is 4.74 Å². The molecule has 0 bridgehead atoms. The summed E-state index contributed by atoms with van der Waals surface area (Å²) in [4.78, 5) is 38.1. The number of nitrogens with one attached hydrogen (secondary N) is 1. The van der Waals surface area contributed by atoms with Gasteiger partial charge in [-0.2, -0.15) is 0 Å². The van der Waals surface area contributed by atoms with Gasteiger partial charge in [-0.25, -0.2) is 4.79 Å². The van der Waals surface area contributed by atoms with Crippen LogP contribution in [0.25, 0.3) is 0 Å². The number of anilines is 2. The van der Waals surface area contributed by atoms with E-state index in [1.165, 1.54) is 7.11 Å². The van der Waals surface area contributed by atoms with Crippen molar-refractivity contribution in [2.45, 2.75) is 19.4 Å². The molecule has 0 saturated carbocycles. The maximum atomic E-state index is 12.9. The lowest BCUT2D eigenvalue weighted by atomic mass is 10.1. The molecule has 28 heavy (non-hydrogen) atoms. The molecule has 0 aromatic heterocycles. The van der Waals surface area contributed by atoms with Crippen LogP contribution in [0.4, 0.5) is 11.4 Å². The molecule has 0 saturated heterocycles. The molecule has 0 radical (unpaired) electrons. The van der Waals surface area contributed by atoms with Crippen molar-refractivity contribution in [2.24, 2.45) is 0 Å². The predicted molar refractivity (Wildman–Crippen MR) is 108 cm³/mol. The average Bonchev–Trinajstić information content (AvgIpc) is 2.80. The number of ether oxygens (including phenoxy) is 2. The molecule has 1 unspecified atom stereocenters. The number of fused-ring (bicyclic) bond motifs is 1. The minimum Gasteiger partial charge on any atom is -0.483 e. The molecule has 2 aromatic carbocycles. The van der Waals surface area contributed by atoms with E-state index in [0.29, 0.717) is 27.2 Å². The topological polar surface area (TPSA) is 84.9 Å². The summed E-state index contributed by atoms with van der Waals surface area (Å²) in [6, 6.07) is 11.6. The Balaban J connectivity index is 1.78. The molecule has 146 valence electrons. The smallest absolute Gasteiger partial charge is 0.337 e. The van der Waals surface area contributed by atoms with Crippen LogP contribution in [0.15, 0.2) is 46.9 Å². The van der Waals surface area contributed by atoms with Gasteiger partial charge in [-0.1, -0.05) is 12.1 Å². The number of nitrogens with zero attached hydrogens (tertiary/aromatic N) is 1. The van der Waals surface area contributed by atoms with E-state index in [0.717, 1.165) is 0 Å². The van der Waals surface area contributed by atoms with Crippen molar-refractivity contribution in [1.29, 1.82) is 0 Å². The summed E-state index contributed by atoms with van der Waals surface area (Å²) < 4.78 is 10.9. The number of carbonyl (C=O) groups is 3. The zero-order chi connectivity index (χ0) is 20.3. The SMILES string of the molecule is COC(=O)c1ccc(OCC(=O)N2c3ccccc3NC(=O)CC2C)c(Br)c1. The largest absolute Gasteiger partial charge is 0.483 e. The standard InChI is InChI=1S/C20H19BrN2O5/c1-12-9-18(24)22-15-5-3-4-6-16(15)23(12)19(25)11-28-17-8-7-13(10-14(17)21)20(26)27-2/h3-8,10,12H,9,11H2,1-2H3,(H,22,24). The molecule has 1 aliphatic heterocycles. The number of hydrogen-bond donors (Lipinski definition) is 1. The van der Waals surface area contributed by atoms with Crippen LogP contribution in [-0.2, 0) is 14.3 Å². The van der Waals surface area contributed by atoms with Crippen molar-refractivity contribution in [1.82, 2.24) is 0 Å². The summed E-state index contributed by atoms with van der Waals surface area (Å²) in [6.45, 7) is 1.60. The van der Waals surface area contributed by atoms with Crippen molar-refractivity contribution in [3.63, 3.8) is 0 Å². The molecule has 7 nitrogen and oxygen atoms in total. The molecule has 0 spiro atoms. The first-order valence-electron chi connectivity index (χ1n) is 8.62. The van der Waals surface area contributed by atoms with Gasteiger partial charge in [0.05, 0.1) is 28.5 Å². The summed E-state index contributed by atoms with van der Waals surface area (Å²) in [5.74, 6) is -0.459. The first-order chi connectivity index (χ1) is 13.4. The highest BCUT2D eigenvalue weighted by molar-refractivity contribution is 9.10. The molecule has 8 heteroatoms. The molecule has 1 aliphatic rings. The zero-order valence-electron chi connectivity index (χ0n) is 15.4. The van der Waals surface area contributed by atoms with Crippen LogP contribution < -0.4 is 15.0 Å². The lowest BCUT2D eigenvalue weighted by molar-refractivity contribution is -0.121. The third-order valence-corrected chi connectivity index (χ3v) is 4.95. The Morgan fingerprint density at radius 3 is 2.71 bits per heavy atom. The van der Waals surface area contributed by atoms with Crippen LogP contribution in [-0.4, -0.2) is 37.5 Å². The first-order valence-corrected chi connectivity index (χ1v) is 9.41. The summed E-state index contributed by atoms with van der Waals surface area (Å²) in [7, 11) is 1.30. The minimum atomic E-state index is -0.463. The van der Waals surface area contributed by atoms with E-state index in [1.807, 2.05) is 13.0 Å². The lowest BCUT2D eigenvalue weighted by Crippen LogP contribution is -2.41. The van der Waals surface area contributed by atoms with Gasteiger partial charge in [-0.05, 0) is 53.2 Å². The molecule has 0 fully saturated rings. The monoisotopic (exact) mass is 446 g/mol. The normalized spacial score (nSPS) is 15.9. The number of methoxy groups -OCH3 is 1. The Hall–Kier alpha value is -2.87. The molecule has 1 heterocycles. The Bertz CT molecular complexity index is 931. The highest BCUT2D eigenvalue weighted by atomic mass is 79.9. The van der Waals surface area contributed by atoms with E-state index in [1.54, 1.807) is 41.3 Å². The van der Waals surface area contributed by atoms with Crippen molar-refractivity contribution in [2.75, 3.05) is 23.9 Å². The molecule has 1 atom stereocenters. The highest BCUT2D eigenvalue weighted by Gasteiger charge is 2.29. The Labute approximate surface area is 170 Å². The molecule has 3 rings (SSSR count). The Morgan fingerprint density at radius 2 is 2.00 bits per heavy atom. The van der Waals surface area contributed by atoms with E-state index in [2.05, 4.69) is 26.0 Å². The number of halogens is 1. The number of para-hydroxylation sites is 2. The van der Waals surface area contributed by atoms with Crippen LogP contribution in [0.2, 0.25) is 0 Å². The van der Waals surface area contributed by atoms with Crippen LogP contribution >= 0.6 is 15.9 Å². The molecule has 0 aliphatic carbocycles. The molecule has 2 aromatic rings. The maximum Gasteiger partial charge on any atom is 0.337 e. The Morgan fingerprint density at radius 1 is 1.25 bits per heavy atom. The maximum absolute atomic E-state index is 12.9. The third-order valence-electron chi connectivity index (χ3n) is 4.33. The zero-order valence-corrected chi connectivity index (χ0v) is 17.0. The van der Waals surface area contributed by atoms with E-state index >= 15 is 0 Å². The van der Waals surface area contributed by atoms with E-state index in [9.17, 15) is 14.4 Å². The second-order valence-electron chi connectivity index (χ2n) is 6.31. The predicted octanol–water partition coefficient (Wildman–Crippen LogP) is 3.38. The highest BCUT2D eigenvalue weighted by Crippen LogP contribution is 2.32. The fraction of sp³-hybridized carbons (Fsp3) is 0.250. The van der Waals surface area contributed by atoms with Crippen molar-refractivity contribution in [3.05, 3.63) is 52.5 Å². The number of amides is 2. The van der Waals surface area contributed by atoms with Gasteiger partial charge in [0.15, 0.2) is 6.61 Å². The summed E-state index contributed by atoms with van der Waals surface area (Å²) in [5.41, 5.74) is 1.59. The van der Waals surface area contributed by atoms with Gasteiger partial charge in [-0.15, -0.1) is 0 Å². The molecule has 1 N–H and O–H groups in total. The number of rotatable bonds is 4. The van der Waals surface area contributed by atoms with Gasteiger partial charge >= 0.3 is 5.97 Å². The van der Waals surface area contributed by atoms with Crippen LogP contribution in [0, 0.1) is 0 Å². The summed E-state index contributed by atoms with van der Waals surface area (Å²) in [5, 5.41) is 2.82. The second kappa shape index (κ2) is 8.43. The summed E-state index contributed by atoms with van der Waals surface area (Å²) >= 11 is 3.34. The number of hydrogen-bond acceptors (Lipinski definition) is 5.